The number of hydrogen-bond acceptors (Lipinski definition) is 2. The lowest BCUT2D eigenvalue weighted by molar-refractivity contribution is 0.569. The van der Waals surface area contributed by atoms with Crippen LogP contribution in [0.5, 0.6) is 0 Å². The highest BCUT2D eigenvalue weighted by Gasteiger charge is 2.47. The van der Waals surface area contributed by atoms with Crippen molar-refractivity contribution in [3.8, 4) is 112 Å². The fourth-order valence-corrected chi connectivity index (χ4v) is 21.5. The number of rotatable bonds is 13. The predicted molar refractivity (Wildman–Crippen MR) is 590 cm³/mol. The van der Waals surface area contributed by atoms with Gasteiger partial charge in [0, 0.05) is 77.9 Å². The van der Waals surface area contributed by atoms with Crippen LogP contribution in [-0.4, -0.2) is 15.8 Å². The first-order valence-corrected chi connectivity index (χ1v) is 49.0. The number of nitrogens with zero attached hydrogens (tertiary/aromatic N) is 4. The summed E-state index contributed by atoms with van der Waals surface area (Å²) in [6.07, 6.45) is 0. The third-order valence-electron chi connectivity index (χ3n) is 29.2. The van der Waals surface area contributed by atoms with E-state index in [1.807, 2.05) is 0 Å². The van der Waals surface area contributed by atoms with E-state index in [1.165, 1.54) is 93.6 Å². The van der Waals surface area contributed by atoms with E-state index in [0.717, 1.165) is 145 Å². The molecule has 0 fully saturated rings. The first kappa shape index (κ1) is 87.6. The van der Waals surface area contributed by atoms with E-state index in [9.17, 15) is 0 Å². The molecule has 0 radical (unpaired) electrons. The Morgan fingerprint density at radius 3 is 0.803 bits per heavy atom. The molecule has 0 N–H and O–H groups in total. The van der Waals surface area contributed by atoms with E-state index in [4.69, 9.17) is 0 Å². The maximum absolute atomic E-state index is 2.80. The fourth-order valence-electron chi connectivity index (χ4n) is 21.5. The van der Waals surface area contributed by atoms with E-state index in [-0.39, 0.29) is 39.2 Å². The molecule has 5 heteroatoms. The van der Waals surface area contributed by atoms with Gasteiger partial charge in [0.1, 0.15) is 0 Å². The lowest BCUT2D eigenvalue weighted by atomic mass is 9.33. The molecule has 2 aliphatic heterocycles. The average molecular weight is 1770 g/mol. The van der Waals surface area contributed by atoms with E-state index in [1.54, 1.807) is 0 Å². The molecule has 0 amide bonds. The largest absolute Gasteiger partial charge is 0.310 e. The topological polar surface area (TPSA) is 16.3 Å². The van der Waals surface area contributed by atoms with Crippen LogP contribution in [-0.2, 0) is 32.5 Å². The van der Waals surface area contributed by atoms with Gasteiger partial charge in [-0.3, -0.25) is 0 Å². The highest BCUT2D eigenvalue weighted by molar-refractivity contribution is 7.00. The summed E-state index contributed by atoms with van der Waals surface area (Å²) >= 11 is 0. The van der Waals surface area contributed by atoms with Crippen molar-refractivity contribution >= 4 is 101 Å². The van der Waals surface area contributed by atoms with Gasteiger partial charge >= 0.3 is 0 Å². The molecule has 18 aromatic carbocycles. The molecule has 2 aromatic heterocycles. The summed E-state index contributed by atoms with van der Waals surface area (Å²) in [5, 5.41) is 4.91. The second-order valence-electron chi connectivity index (χ2n) is 44.6. The summed E-state index contributed by atoms with van der Waals surface area (Å²) in [4.78, 5) is 5.59. The van der Waals surface area contributed by atoms with Gasteiger partial charge in [-0.15, -0.1) is 0 Å². The summed E-state index contributed by atoms with van der Waals surface area (Å²) in [7, 11) is 0. The normalized spacial score (nSPS) is 13.0. The van der Waals surface area contributed by atoms with Crippen molar-refractivity contribution in [2.24, 2.45) is 0 Å². The monoisotopic (exact) mass is 1770 g/mol. The lowest BCUT2D eigenvalue weighted by Crippen LogP contribution is -2.61. The number of hydrogen-bond donors (Lipinski definition) is 0. The molecule has 2 aliphatic rings. The molecule has 0 bridgehead atoms. The fraction of sp³-hybridized carbons (Fsp3) is 0.182. The van der Waals surface area contributed by atoms with Gasteiger partial charge in [0.2, 0.25) is 0 Å². The maximum Gasteiger partial charge on any atom is 0.252 e. The van der Waals surface area contributed by atoms with E-state index in [0.29, 0.717) is 0 Å². The molecule has 20 aromatic rings. The molecule has 0 spiro atoms. The van der Waals surface area contributed by atoms with Gasteiger partial charge in [-0.1, -0.05) is 398 Å². The number of anilines is 6. The zero-order chi connectivity index (χ0) is 94.7. The van der Waals surface area contributed by atoms with E-state index >= 15 is 0 Å². The highest BCUT2D eigenvalue weighted by Crippen LogP contribution is 2.57. The minimum atomic E-state index is -0.365. The molecule has 4 nitrogen and oxygen atoms in total. The molecule has 22 rings (SSSR count). The number of fused-ring (bicyclic) bond motifs is 10. The molecule has 0 saturated heterocycles. The molecule has 4 heterocycles. The molecule has 137 heavy (non-hydrogen) atoms. The zero-order valence-electron chi connectivity index (χ0n) is 82.4. The first-order chi connectivity index (χ1) is 65.7. The second-order valence-corrected chi connectivity index (χ2v) is 44.6. The molecule has 0 unspecified atom stereocenters. The van der Waals surface area contributed by atoms with Crippen molar-refractivity contribution in [3.63, 3.8) is 0 Å². The van der Waals surface area contributed by atoms with E-state index < -0.39 is 0 Å². The van der Waals surface area contributed by atoms with Gasteiger partial charge < -0.3 is 18.9 Å². The predicted octanol–water partition coefficient (Wildman–Crippen LogP) is 34.8. The third-order valence-corrected chi connectivity index (χ3v) is 29.2. The molecule has 0 atom stereocenters. The Kier molecular flexibility index (Phi) is 21.1. The van der Waals surface area contributed by atoms with Crippen LogP contribution in [0.3, 0.4) is 0 Å². The summed E-state index contributed by atoms with van der Waals surface area (Å²) in [6.45, 7) is 42.3. The van der Waals surface area contributed by atoms with Crippen LogP contribution in [0.2, 0.25) is 0 Å². The minimum Gasteiger partial charge on any atom is -0.310 e. The summed E-state index contributed by atoms with van der Waals surface area (Å²) in [5.74, 6) is 0. The Balaban J connectivity index is 0.934. The van der Waals surface area contributed by atoms with Gasteiger partial charge in [0.05, 0.1) is 33.4 Å². The van der Waals surface area contributed by atoms with Crippen molar-refractivity contribution in [3.05, 3.63) is 428 Å². The van der Waals surface area contributed by atoms with Gasteiger partial charge in [0.15, 0.2) is 0 Å². The SMILES string of the molecule is CC(C)(C)c1cc(-c2cc3c4c(c2)N(c2c(-c5ccccc5)cc(C(C)(C)C)cc2-c2cccc(-c5cccc(-c6ccccc6)c5)c2)c2cc(-n5c6ccccc6c6cc(C(C)(C)C)ccc65)ccc2B4c2ccc(-n4c5ccccc5c5cc(C(C)(C)C)ccc54)cc2N3c2c(-c3ccccc3)cc(C(C)(C)C)cc2-c2cccc(-c3cccc(-c4ccccc4)c3)c2)cc(C(C)(C)C)c1. The second kappa shape index (κ2) is 33.1. The van der Waals surface area contributed by atoms with Gasteiger partial charge in [-0.05, 0) is 281 Å². The Bertz CT molecular complexity index is 7710. The molecule has 0 saturated carbocycles. The van der Waals surface area contributed by atoms with Crippen molar-refractivity contribution < 1.29 is 0 Å². The average Bonchev–Trinajstić information content (AvgIpc) is 0.812. The van der Waals surface area contributed by atoms with Gasteiger partial charge in [0.25, 0.3) is 6.71 Å². The van der Waals surface area contributed by atoms with Crippen LogP contribution < -0.4 is 26.2 Å². The minimum absolute atomic E-state index is 0.0897. The maximum atomic E-state index is 2.80. The summed E-state index contributed by atoms with van der Waals surface area (Å²) in [5.41, 5.74) is 43.9. The molecule has 670 valence electrons. The van der Waals surface area contributed by atoms with Crippen molar-refractivity contribution in [2.45, 2.75) is 157 Å². The van der Waals surface area contributed by atoms with E-state index in [2.05, 4.69) is 538 Å². The molecule has 0 aliphatic carbocycles. The van der Waals surface area contributed by atoms with Crippen molar-refractivity contribution in [2.75, 3.05) is 9.80 Å². The Labute approximate surface area is 810 Å². The first-order valence-electron chi connectivity index (χ1n) is 49.0. The zero-order valence-corrected chi connectivity index (χ0v) is 82.4. The van der Waals surface area contributed by atoms with Crippen LogP contribution in [0.1, 0.15) is 158 Å². The van der Waals surface area contributed by atoms with Crippen LogP contribution in [0.25, 0.3) is 155 Å². The number of para-hydroxylation sites is 2. The summed E-state index contributed by atoms with van der Waals surface area (Å²) in [6, 6.07) is 153. The van der Waals surface area contributed by atoms with Crippen LogP contribution in [0.15, 0.2) is 394 Å². The van der Waals surface area contributed by atoms with Crippen LogP contribution in [0.4, 0.5) is 34.1 Å². The Hall–Kier alpha value is -14.8. The van der Waals surface area contributed by atoms with Crippen molar-refractivity contribution in [1.82, 2.24) is 9.13 Å². The molecular formula is C132H119BN4. The Morgan fingerprint density at radius 1 is 0.175 bits per heavy atom. The van der Waals surface area contributed by atoms with Crippen molar-refractivity contribution in [1.29, 1.82) is 0 Å². The lowest BCUT2D eigenvalue weighted by Gasteiger charge is -2.46. The number of benzene rings is 18. The van der Waals surface area contributed by atoms with Gasteiger partial charge in [-0.2, -0.15) is 0 Å². The standard InChI is InChI=1S/C132H119BN4/c1-127(2,3)98-59-65-118-112(76-98)106-55-31-33-57-116(106)134(118)104-61-63-114-120(82-104)136(125-108(86-43-27-21-28-44-86)78-102(131(13,14)15)80-110(125)94-53-37-51-92(69-94)90-49-35-47-88(67-90)84-39-23-19-24-40-84)122-73-97(96-71-100(129(7,8)9)75-101(72-96)130(10,11)12)74-123-124(122)133(114)115-64-62-105(135-117-58-34-32-56-107(117)113-77-99(128(4,5)6)60-66-119(113)135)83-121(115)137(123)126-109(87-45-29-22-30-46-87)79-103(132(16,17)18)81-111(126)95-54-38-52-93(70-95)91-50-36-48-89(68-91)85-41-25-20-26-42-85/h19-83H,1-18H3. The van der Waals surface area contributed by atoms with Crippen LogP contribution in [0, 0.1) is 0 Å². The quantitative estimate of drug-likeness (QED) is 0.107. The highest BCUT2D eigenvalue weighted by atomic mass is 15.2. The molecular weight excluding hydrogens is 1650 g/mol. The Morgan fingerprint density at radius 2 is 0.453 bits per heavy atom. The smallest absolute Gasteiger partial charge is 0.252 e. The number of aromatic nitrogens is 2. The van der Waals surface area contributed by atoms with Crippen LogP contribution >= 0.6 is 0 Å². The van der Waals surface area contributed by atoms with Gasteiger partial charge in [-0.25, -0.2) is 0 Å². The summed E-state index contributed by atoms with van der Waals surface area (Å²) < 4.78 is 5.13. The third kappa shape index (κ3) is 15.7.